The molecule has 0 bridgehead atoms. The normalized spacial score (nSPS) is 12.7. The molecule has 2 rings (SSSR count). The van der Waals surface area contributed by atoms with Crippen LogP contribution >= 0.6 is 0 Å². The van der Waals surface area contributed by atoms with E-state index in [-0.39, 0.29) is 12.1 Å². The van der Waals surface area contributed by atoms with E-state index < -0.39 is 17.7 Å². The van der Waals surface area contributed by atoms with Crippen LogP contribution in [0.25, 0.3) is 0 Å². The molecule has 0 aromatic heterocycles. The molecule has 0 heterocycles. The fourth-order valence-corrected chi connectivity index (χ4v) is 2.51. The third-order valence-corrected chi connectivity index (χ3v) is 3.77. The van der Waals surface area contributed by atoms with Crippen molar-refractivity contribution in [2.45, 2.75) is 19.5 Å². The highest BCUT2D eigenvalue weighted by Gasteiger charge is 2.23. The SMILES string of the molecule is Cc1ccccc1CN(C)C(CN)c1c(F)cccc1F. The number of halogens is 2. The van der Waals surface area contributed by atoms with Gasteiger partial charge in [0.2, 0.25) is 0 Å². The summed E-state index contributed by atoms with van der Waals surface area (Å²) in [7, 11) is 1.83. The Labute approximate surface area is 124 Å². The van der Waals surface area contributed by atoms with E-state index in [2.05, 4.69) is 0 Å². The first kappa shape index (κ1) is 15.6. The Hall–Kier alpha value is -1.78. The monoisotopic (exact) mass is 290 g/mol. The van der Waals surface area contributed by atoms with Gasteiger partial charge < -0.3 is 5.73 Å². The molecule has 0 saturated carbocycles. The van der Waals surface area contributed by atoms with Crippen molar-refractivity contribution in [3.8, 4) is 0 Å². The summed E-state index contributed by atoms with van der Waals surface area (Å²) in [5.41, 5.74) is 8.07. The van der Waals surface area contributed by atoms with Gasteiger partial charge in [0.1, 0.15) is 11.6 Å². The quantitative estimate of drug-likeness (QED) is 0.914. The van der Waals surface area contributed by atoms with Crippen LogP contribution in [0.2, 0.25) is 0 Å². The molecule has 0 amide bonds. The molecule has 2 nitrogen and oxygen atoms in total. The van der Waals surface area contributed by atoms with Crippen LogP contribution < -0.4 is 5.73 Å². The zero-order valence-electron chi connectivity index (χ0n) is 12.3. The van der Waals surface area contributed by atoms with Crippen LogP contribution in [-0.4, -0.2) is 18.5 Å². The maximum absolute atomic E-state index is 13.9. The van der Waals surface area contributed by atoms with Crippen molar-refractivity contribution in [1.29, 1.82) is 0 Å². The third kappa shape index (κ3) is 3.46. The van der Waals surface area contributed by atoms with Crippen molar-refractivity contribution in [3.63, 3.8) is 0 Å². The van der Waals surface area contributed by atoms with Crippen LogP contribution in [0.5, 0.6) is 0 Å². The van der Waals surface area contributed by atoms with Gasteiger partial charge in [0.15, 0.2) is 0 Å². The topological polar surface area (TPSA) is 29.3 Å². The zero-order valence-corrected chi connectivity index (χ0v) is 12.3. The Morgan fingerprint density at radius 1 is 1.05 bits per heavy atom. The van der Waals surface area contributed by atoms with Gasteiger partial charge in [-0.25, -0.2) is 8.78 Å². The molecule has 1 atom stereocenters. The smallest absolute Gasteiger partial charge is 0.130 e. The number of nitrogens with two attached hydrogens (primary N) is 1. The molecular weight excluding hydrogens is 270 g/mol. The van der Waals surface area contributed by atoms with Gasteiger partial charge in [0.05, 0.1) is 6.04 Å². The highest BCUT2D eigenvalue weighted by molar-refractivity contribution is 5.27. The first-order valence-corrected chi connectivity index (χ1v) is 6.93. The van der Waals surface area contributed by atoms with Crippen molar-refractivity contribution < 1.29 is 8.78 Å². The van der Waals surface area contributed by atoms with Crippen LogP contribution in [0.3, 0.4) is 0 Å². The summed E-state index contributed by atoms with van der Waals surface area (Å²) in [6.45, 7) is 2.76. The number of hydrogen-bond donors (Lipinski definition) is 1. The van der Waals surface area contributed by atoms with Gasteiger partial charge in [0, 0.05) is 18.7 Å². The molecule has 0 saturated heterocycles. The predicted octanol–water partition coefficient (Wildman–Crippen LogP) is 3.41. The van der Waals surface area contributed by atoms with E-state index >= 15 is 0 Å². The number of aryl methyl sites for hydroxylation is 1. The highest BCUT2D eigenvalue weighted by atomic mass is 19.1. The van der Waals surface area contributed by atoms with Gasteiger partial charge in [-0.3, -0.25) is 4.90 Å². The molecule has 0 aliphatic rings. The fourth-order valence-electron chi connectivity index (χ4n) is 2.51. The van der Waals surface area contributed by atoms with Gasteiger partial charge in [-0.1, -0.05) is 30.3 Å². The Kier molecular flexibility index (Phi) is 5.04. The van der Waals surface area contributed by atoms with Gasteiger partial charge >= 0.3 is 0 Å². The summed E-state index contributed by atoms with van der Waals surface area (Å²) < 4.78 is 27.9. The van der Waals surface area contributed by atoms with E-state index in [0.717, 1.165) is 11.1 Å². The summed E-state index contributed by atoms with van der Waals surface area (Å²) in [5.74, 6) is -1.11. The fraction of sp³-hybridized carbons (Fsp3) is 0.294. The maximum Gasteiger partial charge on any atom is 0.130 e. The van der Waals surface area contributed by atoms with E-state index in [1.165, 1.54) is 18.2 Å². The summed E-state index contributed by atoms with van der Waals surface area (Å²) in [5, 5.41) is 0. The molecule has 112 valence electrons. The number of rotatable bonds is 5. The lowest BCUT2D eigenvalue weighted by molar-refractivity contribution is 0.230. The minimum atomic E-state index is -0.554. The van der Waals surface area contributed by atoms with Crippen LogP contribution in [0.4, 0.5) is 8.78 Å². The lowest BCUT2D eigenvalue weighted by Crippen LogP contribution is -2.31. The molecule has 0 spiro atoms. The second-order valence-electron chi connectivity index (χ2n) is 5.23. The molecule has 0 aliphatic heterocycles. The molecule has 0 fully saturated rings. The minimum absolute atomic E-state index is 0.0380. The van der Waals surface area contributed by atoms with E-state index in [9.17, 15) is 8.78 Å². The van der Waals surface area contributed by atoms with Crippen molar-refractivity contribution in [1.82, 2.24) is 4.90 Å². The van der Waals surface area contributed by atoms with Crippen molar-refractivity contribution in [2.75, 3.05) is 13.6 Å². The second-order valence-corrected chi connectivity index (χ2v) is 5.23. The molecule has 2 aromatic carbocycles. The largest absolute Gasteiger partial charge is 0.329 e. The van der Waals surface area contributed by atoms with Crippen LogP contribution in [-0.2, 0) is 6.54 Å². The van der Waals surface area contributed by atoms with Crippen molar-refractivity contribution in [2.24, 2.45) is 5.73 Å². The maximum atomic E-state index is 13.9. The zero-order chi connectivity index (χ0) is 15.4. The molecule has 0 radical (unpaired) electrons. The summed E-state index contributed by atoms with van der Waals surface area (Å²) in [6, 6.07) is 11.4. The molecule has 4 heteroatoms. The lowest BCUT2D eigenvalue weighted by Gasteiger charge is -2.28. The van der Waals surface area contributed by atoms with Gasteiger partial charge in [-0.15, -0.1) is 0 Å². The van der Waals surface area contributed by atoms with E-state index in [1.807, 2.05) is 43.1 Å². The van der Waals surface area contributed by atoms with Crippen LogP contribution in [0, 0.1) is 18.6 Å². The average Bonchev–Trinajstić information content (AvgIpc) is 2.45. The minimum Gasteiger partial charge on any atom is -0.329 e. The van der Waals surface area contributed by atoms with E-state index in [4.69, 9.17) is 5.73 Å². The Balaban J connectivity index is 2.27. The van der Waals surface area contributed by atoms with Crippen molar-refractivity contribution >= 4 is 0 Å². The Morgan fingerprint density at radius 3 is 2.24 bits per heavy atom. The third-order valence-electron chi connectivity index (χ3n) is 3.77. The number of nitrogens with zero attached hydrogens (tertiary/aromatic N) is 1. The summed E-state index contributed by atoms with van der Waals surface area (Å²) in [4.78, 5) is 1.88. The summed E-state index contributed by atoms with van der Waals surface area (Å²) >= 11 is 0. The standard InChI is InChI=1S/C17H20F2N2/c1-12-6-3-4-7-13(12)11-21(2)16(10-20)17-14(18)8-5-9-15(17)19/h3-9,16H,10-11,20H2,1-2H3. The predicted molar refractivity (Wildman–Crippen MR) is 80.8 cm³/mol. The Morgan fingerprint density at radius 2 is 1.67 bits per heavy atom. The van der Waals surface area contributed by atoms with Gasteiger partial charge in [-0.2, -0.15) is 0 Å². The lowest BCUT2D eigenvalue weighted by atomic mass is 10.0. The average molecular weight is 290 g/mol. The van der Waals surface area contributed by atoms with Crippen LogP contribution in [0.15, 0.2) is 42.5 Å². The van der Waals surface area contributed by atoms with Crippen molar-refractivity contribution in [3.05, 3.63) is 70.8 Å². The summed E-state index contributed by atoms with van der Waals surface area (Å²) in [6.07, 6.45) is 0. The molecule has 2 aromatic rings. The highest BCUT2D eigenvalue weighted by Crippen LogP contribution is 2.26. The van der Waals surface area contributed by atoms with E-state index in [0.29, 0.717) is 6.54 Å². The Bertz CT molecular complexity index is 593. The van der Waals surface area contributed by atoms with Gasteiger partial charge in [-0.05, 0) is 37.2 Å². The molecule has 21 heavy (non-hydrogen) atoms. The second kappa shape index (κ2) is 6.78. The van der Waals surface area contributed by atoms with Crippen LogP contribution in [0.1, 0.15) is 22.7 Å². The van der Waals surface area contributed by atoms with Gasteiger partial charge in [0.25, 0.3) is 0 Å². The molecule has 2 N–H and O–H groups in total. The number of benzene rings is 2. The first-order chi connectivity index (χ1) is 10.0. The molecule has 0 aliphatic carbocycles. The number of likely N-dealkylation sites (N-methyl/N-ethyl adjacent to an activating group) is 1. The molecule has 1 unspecified atom stereocenters. The van der Waals surface area contributed by atoms with E-state index in [1.54, 1.807) is 0 Å². The number of hydrogen-bond acceptors (Lipinski definition) is 2. The first-order valence-electron chi connectivity index (χ1n) is 6.93. The molecular formula is C17H20F2N2.